The zero-order valence-corrected chi connectivity index (χ0v) is 13.0. The summed E-state index contributed by atoms with van der Waals surface area (Å²) in [7, 11) is 2.06. The van der Waals surface area contributed by atoms with Crippen LogP contribution in [0, 0.1) is 0 Å². The zero-order valence-electron chi connectivity index (χ0n) is 12.3. The summed E-state index contributed by atoms with van der Waals surface area (Å²) in [6.45, 7) is 4.70. The molecule has 4 nitrogen and oxygen atoms in total. The molecule has 0 aliphatic rings. The van der Waals surface area contributed by atoms with Crippen LogP contribution in [0.2, 0.25) is 5.02 Å². The van der Waals surface area contributed by atoms with Crippen LogP contribution in [0.15, 0.2) is 35.1 Å². The van der Waals surface area contributed by atoms with E-state index in [1.165, 1.54) is 12.0 Å². The van der Waals surface area contributed by atoms with E-state index in [1.807, 2.05) is 12.1 Å². The Balaban J connectivity index is 1.94. The Morgan fingerprint density at radius 3 is 2.81 bits per heavy atom. The summed E-state index contributed by atoms with van der Waals surface area (Å²) in [4.78, 5) is 0. The molecule has 0 aliphatic heterocycles. The first-order chi connectivity index (χ1) is 10.1. The summed E-state index contributed by atoms with van der Waals surface area (Å²) >= 11 is 6.32. The second-order valence-corrected chi connectivity index (χ2v) is 5.81. The molecule has 0 radical (unpaired) electrons. The minimum absolute atomic E-state index is 0.339. The molecule has 0 fully saturated rings. The monoisotopic (exact) mass is 304 g/mol. The number of benzene rings is 1. The van der Waals surface area contributed by atoms with Crippen molar-refractivity contribution in [3.63, 3.8) is 0 Å². The molecule has 2 aromatic heterocycles. The maximum absolute atomic E-state index is 6.32. The van der Waals surface area contributed by atoms with Gasteiger partial charge in [0.25, 0.3) is 0 Å². The van der Waals surface area contributed by atoms with E-state index in [0.717, 1.165) is 16.6 Å². The molecule has 0 atom stereocenters. The largest absolute Gasteiger partial charge is 0.486 e. The average Bonchev–Trinajstić information content (AvgIpc) is 3.05. The van der Waals surface area contributed by atoms with Crippen LogP contribution in [0.1, 0.15) is 31.2 Å². The summed E-state index contributed by atoms with van der Waals surface area (Å²) in [6, 6.07) is 7.87. The minimum atomic E-state index is 0.339. The molecule has 5 heteroatoms. The Hall–Kier alpha value is -1.94. The lowest BCUT2D eigenvalue weighted by Gasteiger charge is -2.08. The lowest BCUT2D eigenvalue weighted by Crippen LogP contribution is -1.98. The van der Waals surface area contributed by atoms with Gasteiger partial charge < -0.3 is 13.8 Å². The summed E-state index contributed by atoms with van der Waals surface area (Å²) < 4.78 is 12.7. The van der Waals surface area contributed by atoms with Crippen molar-refractivity contribution in [2.45, 2.75) is 26.4 Å². The Morgan fingerprint density at radius 2 is 2.14 bits per heavy atom. The highest BCUT2D eigenvalue weighted by molar-refractivity contribution is 6.32. The van der Waals surface area contributed by atoms with E-state index >= 15 is 0 Å². The molecule has 110 valence electrons. The number of ether oxygens (including phenoxy) is 1. The number of nitrogens with zero attached hydrogens (tertiary/aromatic N) is 2. The van der Waals surface area contributed by atoms with Gasteiger partial charge in [-0.1, -0.05) is 30.6 Å². The van der Waals surface area contributed by atoms with E-state index in [4.69, 9.17) is 20.9 Å². The van der Waals surface area contributed by atoms with Gasteiger partial charge in [0.1, 0.15) is 24.3 Å². The molecule has 0 N–H and O–H groups in total. The van der Waals surface area contributed by atoms with Crippen molar-refractivity contribution in [1.82, 2.24) is 9.72 Å². The Bertz CT molecular complexity index is 760. The second-order valence-electron chi connectivity index (χ2n) is 5.40. The zero-order chi connectivity index (χ0) is 15.0. The fourth-order valence-corrected chi connectivity index (χ4v) is 2.70. The number of aryl methyl sites for hydroxylation is 1. The highest BCUT2D eigenvalue weighted by Crippen LogP contribution is 2.33. The van der Waals surface area contributed by atoms with Crippen LogP contribution in [0.5, 0.6) is 5.75 Å². The Kier molecular flexibility index (Phi) is 3.64. The quantitative estimate of drug-likeness (QED) is 0.711. The van der Waals surface area contributed by atoms with Gasteiger partial charge in [-0.2, -0.15) is 0 Å². The molecule has 1 aromatic carbocycles. The van der Waals surface area contributed by atoms with Crippen LogP contribution in [-0.4, -0.2) is 9.72 Å². The van der Waals surface area contributed by atoms with Gasteiger partial charge in [0.15, 0.2) is 0 Å². The minimum Gasteiger partial charge on any atom is -0.486 e. The third kappa shape index (κ3) is 2.63. The Labute approximate surface area is 128 Å². The van der Waals surface area contributed by atoms with Crippen molar-refractivity contribution in [3.8, 4) is 5.75 Å². The molecule has 0 saturated heterocycles. The molecule has 0 unspecified atom stereocenters. The number of fused-ring (bicyclic) bond motifs is 1. The average molecular weight is 305 g/mol. The highest BCUT2D eigenvalue weighted by Gasteiger charge is 2.12. The number of hydrogen-bond donors (Lipinski definition) is 0. The predicted octanol–water partition coefficient (Wildman–Crippen LogP) is 4.52. The fraction of sp³-hybridized carbons (Fsp3) is 0.312. The van der Waals surface area contributed by atoms with Crippen LogP contribution in [0.4, 0.5) is 0 Å². The molecule has 0 saturated carbocycles. The molecule has 0 aliphatic carbocycles. The van der Waals surface area contributed by atoms with Crippen molar-refractivity contribution in [1.29, 1.82) is 0 Å². The molecular formula is C16H17ClN2O2. The van der Waals surface area contributed by atoms with Crippen LogP contribution in [0.25, 0.3) is 10.9 Å². The van der Waals surface area contributed by atoms with Crippen molar-refractivity contribution in [2.24, 2.45) is 7.05 Å². The molecule has 0 spiro atoms. The van der Waals surface area contributed by atoms with Crippen LogP contribution in [-0.2, 0) is 13.7 Å². The molecule has 2 heterocycles. The van der Waals surface area contributed by atoms with Crippen molar-refractivity contribution < 1.29 is 9.26 Å². The summed E-state index contributed by atoms with van der Waals surface area (Å²) in [5, 5.41) is 5.54. The molecule has 21 heavy (non-hydrogen) atoms. The van der Waals surface area contributed by atoms with E-state index in [-0.39, 0.29) is 0 Å². The maximum Gasteiger partial charge on any atom is 0.139 e. The van der Waals surface area contributed by atoms with Crippen molar-refractivity contribution >= 4 is 22.5 Å². The Morgan fingerprint density at radius 1 is 1.33 bits per heavy atom. The SMILES string of the molecule is CC(C)c1cc2cc(OCc3ccon3)c(Cl)cc2n1C. The van der Waals surface area contributed by atoms with Gasteiger partial charge in [-0.3, -0.25) is 0 Å². The van der Waals surface area contributed by atoms with Crippen LogP contribution >= 0.6 is 11.6 Å². The second kappa shape index (κ2) is 5.45. The van der Waals surface area contributed by atoms with Gasteiger partial charge in [-0.25, -0.2) is 0 Å². The third-order valence-electron chi connectivity index (χ3n) is 3.59. The van der Waals surface area contributed by atoms with Crippen molar-refractivity contribution in [3.05, 3.63) is 46.9 Å². The first-order valence-corrected chi connectivity index (χ1v) is 7.25. The predicted molar refractivity (Wildman–Crippen MR) is 82.9 cm³/mol. The fourth-order valence-electron chi connectivity index (χ4n) is 2.49. The van der Waals surface area contributed by atoms with E-state index in [1.54, 1.807) is 6.07 Å². The number of halogens is 1. The smallest absolute Gasteiger partial charge is 0.139 e. The van der Waals surface area contributed by atoms with Gasteiger partial charge in [0.2, 0.25) is 0 Å². The van der Waals surface area contributed by atoms with Crippen molar-refractivity contribution in [2.75, 3.05) is 0 Å². The van der Waals surface area contributed by atoms with Crippen LogP contribution < -0.4 is 4.74 Å². The molecule has 3 rings (SSSR count). The summed E-state index contributed by atoms with van der Waals surface area (Å²) in [6.07, 6.45) is 1.52. The van der Waals surface area contributed by atoms with E-state index < -0.39 is 0 Å². The number of rotatable bonds is 4. The van der Waals surface area contributed by atoms with E-state index in [0.29, 0.717) is 23.3 Å². The summed E-state index contributed by atoms with van der Waals surface area (Å²) in [5.74, 6) is 1.12. The standard InChI is InChI=1S/C16H17ClN2O2/c1-10(2)14-6-11-7-16(13(17)8-15(11)19(14)3)20-9-12-4-5-21-18-12/h4-8,10H,9H2,1-3H3. The van der Waals surface area contributed by atoms with E-state index in [9.17, 15) is 0 Å². The maximum atomic E-state index is 6.32. The van der Waals surface area contributed by atoms with Gasteiger partial charge in [-0.15, -0.1) is 0 Å². The lowest BCUT2D eigenvalue weighted by atomic mass is 10.1. The van der Waals surface area contributed by atoms with Crippen LogP contribution in [0.3, 0.4) is 0 Å². The number of hydrogen-bond acceptors (Lipinski definition) is 3. The topological polar surface area (TPSA) is 40.2 Å². The van der Waals surface area contributed by atoms with Gasteiger partial charge in [-0.05, 0) is 24.1 Å². The molecule has 3 aromatic rings. The van der Waals surface area contributed by atoms with Gasteiger partial charge in [0.05, 0.1) is 5.02 Å². The van der Waals surface area contributed by atoms with Gasteiger partial charge >= 0.3 is 0 Å². The first-order valence-electron chi connectivity index (χ1n) is 6.87. The summed E-state index contributed by atoms with van der Waals surface area (Å²) in [5.41, 5.74) is 3.12. The number of aromatic nitrogens is 2. The lowest BCUT2D eigenvalue weighted by molar-refractivity contribution is 0.290. The molecule has 0 bridgehead atoms. The molecule has 0 amide bonds. The van der Waals surface area contributed by atoms with E-state index in [2.05, 4.69) is 36.7 Å². The normalized spacial score (nSPS) is 11.5. The molecular weight excluding hydrogens is 288 g/mol. The first kappa shape index (κ1) is 14.0. The third-order valence-corrected chi connectivity index (χ3v) is 3.89. The van der Waals surface area contributed by atoms with Gasteiger partial charge in [0, 0.05) is 29.7 Å². The highest BCUT2D eigenvalue weighted by atomic mass is 35.5.